The third-order valence-electron chi connectivity index (χ3n) is 5.01. The van der Waals surface area contributed by atoms with Gasteiger partial charge in [0.15, 0.2) is 6.61 Å². The number of hydrogen-bond donors (Lipinski definition) is 2. The fourth-order valence-electron chi connectivity index (χ4n) is 3.19. The third kappa shape index (κ3) is 9.14. The van der Waals surface area contributed by atoms with E-state index in [2.05, 4.69) is 10.6 Å². The summed E-state index contributed by atoms with van der Waals surface area (Å²) in [5.41, 5.74) is 1.58. The summed E-state index contributed by atoms with van der Waals surface area (Å²) in [4.78, 5) is 36.0. The standard InChI is InChI=1S/C27H27ClN2O5/c1-19(20-6-3-2-4-7-20)29-26(32)18-34-27(33)9-5-8-25(31)30-22-12-16-24(17-13-22)35-23-14-10-21(28)11-15-23/h2-4,6-7,10-17,19H,5,8-9,18H2,1H3,(H,29,32)(H,30,31)/t19-/m0/s1. The number of nitrogens with one attached hydrogen (secondary N) is 2. The number of ether oxygens (including phenoxy) is 2. The first-order valence-corrected chi connectivity index (χ1v) is 11.6. The molecule has 3 aromatic rings. The quantitative estimate of drug-likeness (QED) is 0.335. The van der Waals surface area contributed by atoms with Crippen LogP contribution in [0.5, 0.6) is 11.5 Å². The van der Waals surface area contributed by atoms with Crippen molar-refractivity contribution in [3.63, 3.8) is 0 Å². The van der Waals surface area contributed by atoms with Gasteiger partial charge in [-0.1, -0.05) is 41.9 Å². The molecule has 0 bridgehead atoms. The number of carbonyl (C=O) groups is 3. The maximum atomic E-state index is 12.2. The molecule has 2 N–H and O–H groups in total. The van der Waals surface area contributed by atoms with Gasteiger partial charge in [-0.15, -0.1) is 0 Å². The molecular formula is C27H27ClN2O5. The van der Waals surface area contributed by atoms with Gasteiger partial charge in [-0.2, -0.15) is 0 Å². The molecule has 0 radical (unpaired) electrons. The average Bonchev–Trinajstić information content (AvgIpc) is 2.86. The Morgan fingerprint density at radius 2 is 1.46 bits per heavy atom. The van der Waals surface area contributed by atoms with Crippen molar-refractivity contribution in [2.24, 2.45) is 0 Å². The number of carbonyl (C=O) groups excluding carboxylic acids is 3. The molecule has 0 unspecified atom stereocenters. The lowest BCUT2D eigenvalue weighted by Gasteiger charge is -2.14. The van der Waals surface area contributed by atoms with Gasteiger partial charge in [-0.05, 0) is 67.4 Å². The van der Waals surface area contributed by atoms with Crippen LogP contribution in [0, 0.1) is 0 Å². The van der Waals surface area contributed by atoms with Crippen molar-refractivity contribution in [2.45, 2.75) is 32.2 Å². The number of benzene rings is 3. The average molecular weight is 495 g/mol. The molecule has 182 valence electrons. The van der Waals surface area contributed by atoms with Crippen molar-refractivity contribution in [3.8, 4) is 11.5 Å². The second-order valence-corrected chi connectivity index (χ2v) is 8.28. The lowest BCUT2D eigenvalue weighted by atomic mass is 10.1. The van der Waals surface area contributed by atoms with Gasteiger partial charge in [0, 0.05) is 23.6 Å². The Morgan fingerprint density at radius 3 is 2.11 bits per heavy atom. The van der Waals surface area contributed by atoms with Gasteiger partial charge in [0.2, 0.25) is 5.91 Å². The maximum Gasteiger partial charge on any atom is 0.306 e. The molecule has 0 saturated heterocycles. The molecule has 1 atom stereocenters. The van der Waals surface area contributed by atoms with E-state index in [0.29, 0.717) is 28.6 Å². The van der Waals surface area contributed by atoms with Crippen LogP contribution >= 0.6 is 11.6 Å². The molecule has 0 saturated carbocycles. The number of esters is 1. The summed E-state index contributed by atoms with van der Waals surface area (Å²) < 4.78 is 10.7. The van der Waals surface area contributed by atoms with Gasteiger partial charge in [0.25, 0.3) is 5.91 Å². The van der Waals surface area contributed by atoms with Gasteiger partial charge in [-0.25, -0.2) is 0 Å². The Labute approximate surface area is 209 Å². The Balaban J connectivity index is 1.31. The van der Waals surface area contributed by atoms with E-state index in [9.17, 15) is 14.4 Å². The Kier molecular flexibility index (Phi) is 9.69. The molecule has 0 fully saturated rings. The molecule has 3 aromatic carbocycles. The molecule has 2 amide bonds. The first-order valence-electron chi connectivity index (χ1n) is 11.2. The summed E-state index contributed by atoms with van der Waals surface area (Å²) in [6, 6.07) is 23.2. The first kappa shape index (κ1) is 25.8. The van der Waals surface area contributed by atoms with Crippen LogP contribution in [0.15, 0.2) is 78.9 Å². The lowest BCUT2D eigenvalue weighted by molar-refractivity contribution is -0.148. The molecule has 0 heterocycles. The van der Waals surface area contributed by atoms with Crippen molar-refractivity contribution in [1.82, 2.24) is 5.32 Å². The van der Waals surface area contributed by atoms with Gasteiger partial charge in [0.05, 0.1) is 6.04 Å². The maximum absolute atomic E-state index is 12.2. The van der Waals surface area contributed by atoms with Crippen LogP contribution in [-0.2, 0) is 19.1 Å². The Morgan fingerprint density at radius 1 is 0.829 bits per heavy atom. The highest BCUT2D eigenvalue weighted by Crippen LogP contribution is 2.24. The number of rotatable bonds is 11. The van der Waals surface area contributed by atoms with Crippen LogP contribution in [0.4, 0.5) is 5.69 Å². The van der Waals surface area contributed by atoms with Crippen molar-refractivity contribution in [3.05, 3.63) is 89.4 Å². The van der Waals surface area contributed by atoms with Gasteiger partial charge in [0.1, 0.15) is 11.5 Å². The Bertz CT molecular complexity index is 1120. The summed E-state index contributed by atoms with van der Waals surface area (Å²) in [5.74, 6) is 0.148. The fourth-order valence-corrected chi connectivity index (χ4v) is 3.31. The highest BCUT2D eigenvalue weighted by atomic mass is 35.5. The predicted molar refractivity (Wildman–Crippen MR) is 134 cm³/mol. The topological polar surface area (TPSA) is 93.7 Å². The summed E-state index contributed by atoms with van der Waals surface area (Å²) in [6.07, 6.45) is 0.503. The van der Waals surface area contributed by atoms with Crippen molar-refractivity contribution in [2.75, 3.05) is 11.9 Å². The smallest absolute Gasteiger partial charge is 0.306 e. The van der Waals surface area contributed by atoms with Crippen LogP contribution in [0.25, 0.3) is 0 Å². The molecule has 0 aliphatic rings. The number of hydrogen-bond acceptors (Lipinski definition) is 5. The van der Waals surface area contributed by atoms with E-state index in [4.69, 9.17) is 21.1 Å². The summed E-state index contributed by atoms with van der Waals surface area (Å²) in [5, 5.41) is 6.18. The number of halogens is 1. The zero-order valence-corrected chi connectivity index (χ0v) is 20.1. The highest BCUT2D eigenvalue weighted by molar-refractivity contribution is 6.30. The van der Waals surface area contributed by atoms with Gasteiger partial charge < -0.3 is 20.1 Å². The second-order valence-electron chi connectivity index (χ2n) is 7.84. The van der Waals surface area contributed by atoms with Gasteiger partial charge in [-0.3, -0.25) is 14.4 Å². The molecular weight excluding hydrogens is 468 g/mol. The highest BCUT2D eigenvalue weighted by Gasteiger charge is 2.12. The van der Waals surface area contributed by atoms with Crippen LogP contribution in [0.3, 0.4) is 0 Å². The van der Waals surface area contributed by atoms with Crippen LogP contribution < -0.4 is 15.4 Å². The number of amides is 2. The number of anilines is 1. The summed E-state index contributed by atoms with van der Waals surface area (Å²) in [7, 11) is 0. The molecule has 0 spiro atoms. The minimum Gasteiger partial charge on any atom is -0.457 e. The van der Waals surface area contributed by atoms with E-state index >= 15 is 0 Å². The zero-order valence-electron chi connectivity index (χ0n) is 19.3. The largest absolute Gasteiger partial charge is 0.457 e. The molecule has 7 nitrogen and oxygen atoms in total. The molecule has 0 aliphatic carbocycles. The van der Waals surface area contributed by atoms with Crippen LogP contribution in [0.2, 0.25) is 5.02 Å². The predicted octanol–water partition coefficient (Wildman–Crippen LogP) is 5.66. The van der Waals surface area contributed by atoms with Crippen molar-refractivity contribution in [1.29, 1.82) is 0 Å². The zero-order chi connectivity index (χ0) is 25.0. The normalized spacial score (nSPS) is 11.3. The first-order chi connectivity index (χ1) is 16.9. The van der Waals surface area contributed by atoms with E-state index in [1.54, 1.807) is 48.5 Å². The molecule has 8 heteroatoms. The molecule has 0 aromatic heterocycles. The van der Waals surface area contributed by atoms with E-state index in [-0.39, 0.29) is 37.3 Å². The van der Waals surface area contributed by atoms with E-state index < -0.39 is 5.97 Å². The second kappa shape index (κ2) is 13.2. The van der Waals surface area contributed by atoms with Crippen LogP contribution in [-0.4, -0.2) is 24.4 Å². The van der Waals surface area contributed by atoms with Crippen molar-refractivity contribution >= 4 is 35.1 Å². The summed E-state index contributed by atoms with van der Waals surface area (Å²) >= 11 is 5.86. The lowest BCUT2D eigenvalue weighted by Crippen LogP contribution is -2.31. The van der Waals surface area contributed by atoms with Crippen molar-refractivity contribution < 1.29 is 23.9 Å². The summed E-state index contributed by atoms with van der Waals surface area (Å²) in [6.45, 7) is 1.50. The molecule has 3 rings (SSSR count). The molecule has 35 heavy (non-hydrogen) atoms. The minimum atomic E-state index is -0.524. The Hall–Kier alpha value is -3.84. The fraction of sp³-hybridized carbons (Fsp3) is 0.222. The SMILES string of the molecule is C[C@H](NC(=O)COC(=O)CCCC(=O)Nc1ccc(Oc2ccc(Cl)cc2)cc1)c1ccccc1. The van der Waals surface area contributed by atoms with E-state index in [0.717, 1.165) is 5.56 Å². The van der Waals surface area contributed by atoms with Gasteiger partial charge >= 0.3 is 5.97 Å². The monoisotopic (exact) mass is 494 g/mol. The van der Waals surface area contributed by atoms with Crippen LogP contribution in [0.1, 0.15) is 37.8 Å². The van der Waals surface area contributed by atoms with E-state index in [1.807, 2.05) is 37.3 Å². The third-order valence-corrected chi connectivity index (χ3v) is 5.27. The minimum absolute atomic E-state index is 0.0445. The van der Waals surface area contributed by atoms with E-state index in [1.165, 1.54) is 0 Å². The molecule has 0 aliphatic heterocycles.